The molecule has 0 saturated heterocycles. The lowest BCUT2D eigenvalue weighted by Gasteiger charge is -2.10. The monoisotopic (exact) mass is 258 g/mol. The van der Waals surface area contributed by atoms with Gasteiger partial charge in [-0.3, -0.25) is 4.79 Å². The number of aromatic nitrogens is 2. The van der Waals surface area contributed by atoms with Crippen LogP contribution in [0.15, 0.2) is 36.8 Å². The molecule has 0 spiro atoms. The Morgan fingerprint density at radius 2 is 2.05 bits per heavy atom. The van der Waals surface area contributed by atoms with Crippen LogP contribution in [-0.2, 0) is 17.8 Å². The van der Waals surface area contributed by atoms with Crippen molar-refractivity contribution < 1.29 is 4.79 Å². The van der Waals surface area contributed by atoms with E-state index in [1.54, 1.807) is 31.5 Å². The number of carbonyl (C=O) groups is 1. The van der Waals surface area contributed by atoms with Crippen LogP contribution in [0.25, 0.3) is 0 Å². The fourth-order valence-electron chi connectivity index (χ4n) is 1.65. The second kappa shape index (κ2) is 6.04. The van der Waals surface area contributed by atoms with Crippen LogP contribution >= 0.6 is 0 Å². The summed E-state index contributed by atoms with van der Waals surface area (Å²) >= 11 is 0. The third-order valence-electron chi connectivity index (χ3n) is 2.85. The minimum absolute atomic E-state index is 0.109. The minimum Gasteiger partial charge on any atom is -0.379 e. The summed E-state index contributed by atoms with van der Waals surface area (Å²) in [4.78, 5) is 20.2. The number of amides is 1. The van der Waals surface area contributed by atoms with Crippen molar-refractivity contribution in [2.24, 2.45) is 0 Å². The molecule has 100 valence electrons. The van der Waals surface area contributed by atoms with Gasteiger partial charge in [0.05, 0.1) is 25.0 Å². The van der Waals surface area contributed by atoms with Crippen LogP contribution in [0.3, 0.4) is 0 Å². The quantitative estimate of drug-likeness (QED) is 0.857. The molecule has 19 heavy (non-hydrogen) atoms. The first-order valence-corrected chi connectivity index (χ1v) is 6.15. The number of likely N-dealkylation sites (N-methyl/N-ethyl adjacent to an activating group) is 1. The van der Waals surface area contributed by atoms with Crippen molar-refractivity contribution in [1.82, 2.24) is 14.9 Å². The zero-order chi connectivity index (χ0) is 13.7. The molecule has 2 aromatic rings. The van der Waals surface area contributed by atoms with E-state index in [1.165, 1.54) is 0 Å². The maximum atomic E-state index is 11.6. The highest BCUT2D eigenvalue weighted by atomic mass is 16.2. The predicted molar refractivity (Wildman–Crippen MR) is 74.8 cm³/mol. The van der Waals surface area contributed by atoms with Gasteiger partial charge in [-0.1, -0.05) is 12.1 Å². The highest BCUT2D eigenvalue weighted by Gasteiger charge is 2.05. The summed E-state index contributed by atoms with van der Waals surface area (Å²) in [5.74, 6) is 0.109. The predicted octanol–water partition coefficient (Wildman–Crippen LogP) is 1.65. The highest BCUT2D eigenvalue weighted by Crippen LogP contribution is 2.11. The topological polar surface area (TPSA) is 61.0 Å². The summed E-state index contributed by atoms with van der Waals surface area (Å²) in [6, 6.07) is 7.90. The molecule has 0 aliphatic heterocycles. The molecule has 1 aromatic carbocycles. The third kappa shape index (κ3) is 3.84. The molecule has 1 heterocycles. The van der Waals surface area contributed by atoms with Gasteiger partial charge in [0.2, 0.25) is 5.91 Å². The van der Waals surface area contributed by atoms with Crippen molar-refractivity contribution >= 4 is 11.6 Å². The maximum Gasteiger partial charge on any atom is 0.226 e. The Kier molecular flexibility index (Phi) is 4.18. The lowest BCUT2D eigenvalue weighted by Crippen LogP contribution is -2.23. The summed E-state index contributed by atoms with van der Waals surface area (Å²) in [7, 11) is 3.53. The number of nitrogens with one attached hydrogen (secondary N) is 2. The van der Waals surface area contributed by atoms with E-state index >= 15 is 0 Å². The second-order valence-corrected chi connectivity index (χ2v) is 4.59. The fraction of sp³-hybridized carbons (Fsp3) is 0.286. The van der Waals surface area contributed by atoms with Crippen LogP contribution in [0.2, 0.25) is 0 Å². The number of imidazole rings is 1. The molecule has 0 radical (unpaired) electrons. The standard InChI is InChI=1S/C14H18N4O/c1-18(2)14(19)7-11-3-5-12(6-4-11)16-9-13-8-15-10-17-13/h3-6,8,10,16H,7,9H2,1-2H3,(H,15,17). The Bertz CT molecular complexity index is 517. The van der Waals surface area contributed by atoms with Gasteiger partial charge in [-0.05, 0) is 17.7 Å². The van der Waals surface area contributed by atoms with Crippen LogP contribution in [0, 0.1) is 0 Å². The Labute approximate surface area is 112 Å². The maximum absolute atomic E-state index is 11.6. The molecule has 2 N–H and O–H groups in total. The molecule has 0 aliphatic rings. The van der Waals surface area contributed by atoms with Gasteiger partial charge in [-0.25, -0.2) is 4.98 Å². The number of hydrogen-bond donors (Lipinski definition) is 2. The number of benzene rings is 1. The SMILES string of the molecule is CN(C)C(=O)Cc1ccc(NCc2cnc[nH]2)cc1. The van der Waals surface area contributed by atoms with Crippen molar-refractivity contribution in [3.8, 4) is 0 Å². The smallest absolute Gasteiger partial charge is 0.226 e. The van der Waals surface area contributed by atoms with Crippen molar-refractivity contribution in [3.63, 3.8) is 0 Å². The molecule has 0 saturated carbocycles. The molecule has 2 rings (SSSR count). The first kappa shape index (κ1) is 13.1. The van der Waals surface area contributed by atoms with E-state index in [2.05, 4.69) is 15.3 Å². The number of H-pyrrole nitrogens is 1. The molecule has 1 amide bonds. The highest BCUT2D eigenvalue weighted by molar-refractivity contribution is 5.78. The molecular formula is C14H18N4O. The van der Waals surface area contributed by atoms with Crippen LogP contribution in [0.1, 0.15) is 11.3 Å². The lowest BCUT2D eigenvalue weighted by molar-refractivity contribution is -0.127. The van der Waals surface area contributed by atoms with Gasteiger partial charge in [0.15, 0.2) is 0 Å². The summed E-state index contributed by atoms with van der Waals surface area (Å²) in [6.45, 7) is 0.704. The zero-order valence-electron chi connectivity index (χ0n) is 11.2. The molecule has 0 bridgehead atoms. The largest absolute Gasteiger partial charge is 0.379 e. The molecule has 5 nitrogen and oxygen atoms in total. The van der Waals surface area contributed by atoms with E-state index in [9.17, 15) is 4.79 Å². The second-order valence-electron chi connectivity index (χ2n) is 4.59. The number of rotatable bonds is 5. The summed E-state index contributed by atoms with van der Waals surface area (Å²) in [5.41, 5.74) is 3.08. The van der Waals surface area contributed by atoms with Crippen LogP contribution < -0.4 is 5.32 Å². The number of carbonyl (C=O) groups excluding carboxylic acids is 1. The fourth-order valence-corrected chi connectivity index (χ4v) is 1.65. The van der Waals surface area contributed by atoms with Crippen LogP contribution in [-0.4, -0.2) is 34.9 Å². The first-order chi connectivity index (χ1) is 9.15. The van der Waals surface area contributed by atoms with Gasteiger partial charge in [-0.2, -0.15) is 0 Å². The van der Waals surface area contributed by atoms with Gasteiger partial charge in [0.25, 0.3) is 0 Å². The van der Waals surface area contributed by atoms with Crippen LogP contribution in [0.5, 0.6) is 0 Å². The summed E-state index contributed by atoms with van der Waals surface area (Å²) < 4.78 is 0. The molecular weight excluding hydrogens is 240 g/mol. The molecule has 0 unspecified atom stereocenters. The Morgan fingerprint density at radius 1 is 1.32 bits per heavy atom. The Hall–Kier alpha value is -2.30. The van der Waals surface area contributed by atoms with E-state index in [-0.39, 0.29) is 5.91 Å². The minimum atomic E-state index is 0.109. The number of hydrogen-bond acceptors (Lipinski definition) is 3. The molecule has 1 aromatic heterocycles. The average molecular weight is 258 g/mol. The van der Waals surface area contributed by atoms with E-state index in [1.807, 2.05) is 24.3 Å². The van der Waals surface area contributed by atoms with Crippen molar-refractivity contribution in [2.45, 2.75) is 13.0 Å². The first-order valence-electron chi connectivity index (χ1n) is 6.15. The normalized spacial score (nSPS) is 10.2. The summed E-state index contributed by atoms with van der Waals surface area (Å²) in [6.07, 6.45) is 3.89. The van der Waals surface area contributed by atoms with Gasteiger partial charge in [0, 0.05) is 26.0 Å². The van der Waals surface area contributed by atoms with Gasteiger partial charge < -0.3 is 15.2 Å². The van der Waals surface area contributed by atoms with Crippen molar-refractivity contribution in [3.05, 3.63) is 48.0 Å². The Morgan fingerprint density at radius 3 is 2.63 bits per heavy atom. The number of aromatic amines is 1. The van der Waals surface area contributed by atoms with E-state index in [4.69, 9.17) is 0 Å². The average Bonchev–Trinajstić information content (AvgIpc) is 2.91. The van der Waals surface area contributed by atoms with Gasteiger partial charge in [0.1, 0.15) is 0 Å². The van der Waals surface area contributed by atoms with Crippen LogP contribution in [0.4, 0.5) is 5.69 Å². The number of nitrogens with zero attached hydrogens (tertiary/aromatic N) is 2. The lowest BCUT2D eigenvalue weighted by atomic mass is 10.1. The third-order valence-corrected chi connectivity index (χ3v) is 2.85. The zero-order valence-corrected chi connectivity index (χ0v) is 11.2. The van der Waals surface area contributed by atoms with Crippen molar-refractivity contribution in [2.75, 3.05) is 19.4 Å². The van der Waals surface area contributed by atoms with E-state index < -0.39 is 0 Å². The van der Waals surface area contributed by atoms with E-state index in [0.717, 1.165) is 16.9 Å². The molecule has 5 heteroatoms. The molecule has 0 atom stereocenters. The number of anilines is 1. The van der Waals surface area contributed by atoms with E-state index in [0.29, 0.717) is 13.0 Å². The molecule has 0 fully saturated rings. The van der Waals surface area contributed by atoms with Gasteiger partial charge in [-0.15, -0.1) is 0 Å². The summed E-state index contributed by atoms with van der Waals surface area (Å²) in [5, 5.41) is 3.28. The van der Waals surface area contributed by atoms with Crippen molar-refractivity contribution in [1.29, 1.82) is 0 Å². The van der Waals surface area contributed by atoms with Gasteiger partial charge >= 0.3 is 0 Å². The molecule has 0 aliphatic carbocycles. The Balaban J connectivity index is 1.89.